The second kappa shape index (κ2) is 6.27. The number of ketones is 1. The highest BCUT2D eigenvalue weighted by Gasteiger charge is 2.30. The Balaban J connectivity index is 2.11. The maximum atomic E-state index is 12.0. The second-order valence-corrected chi connectivity index (χ2v) is 4.73. The molecule has 2 aromatic rings. The van der Waals surface area contributed by atoms with Gasteiger partial charge in [-0.3, -0.25) is 4.79 Å². The van der Waals surface area contributed by atoms with Crippen LogP contribution in [0.25, 0.3) is 0 Å². The molecule has 0 fully saturated rings. The molecular formula is C15H10ClF3O3. The lowest BCUT2D eigenvalue weighted by Crippen LogP contribution is -2.16. The summed E-state index contributed by atoms with van der Waals surface area (Å²) in [5, 5.41) is 0.238. The van der Waals surface area contributed by atoms with Gasteiger partial charge in [0.2, 0.25) is 0 Å². The molecule has 0 saturated heterocycles. The average molecular weight is 331 g/mol. The van der Waals surface area contributed by atoms with E-state index in [1.54, 1.807) is 6.07 Å². The van der Waals surface area contributed by atoms with Crippen LogP contribution < -0.4 is 9.47 Å². The van der Waals surface area contributed by atoms with E-state index in [0.717, 1.165) is 12.1 Å². The van der Waals surface area contributed by atoms with Crippen LogP contribution in [0.5, 0.6) is 17.2 Å². The van der Waals surface area contributed by atoms with Gasteiger partial charge in [0.1, 0.15) is 17.2 Å². The SMILES string of the molecule is CC(=O)c1ccc(Oc2ccc(OC(F)(F)F)cc2)cc1Cl. The fourth-order valence-corrected chi connectivity index (χ4v) is 1.99. The molecule has 0 bridgehead atoms. The molecule has 3 nitrogen and oxygen atoms in total. The minimum absolute atomic E-state index is 0.176. The van der Waals surface area contributed by atoms with Gasteiger partial charge in [0, 0.05) is 11.6 Å². The van der Waals surface area contributed by atoms with Gasteiger partial charge in [-0.15, -0.1) is 13.2 Å². The summed E-state index contributed by atoms with van der Waals surface area (Å²) < 4.78 is 45.3. The summed E-state index contributed by atoms with van der Waals surface area (Å²) in [6, 6.07) is 9.44. The fraction of sp³-hybridized carbons (Fsp3) is 0.133. The molecule has 0 unspecified atom stereocenters. The van der Waals surface area contributed by atoms with E-state index in [1.165, 1.54) is 31.2 Å². The van der Waals surface area contributed by atoms with Gasteiger partial charge in [-0.05, 0) is 43.3 Å². The summed E-state index contributed by atoms with van der Waals surface area (Å²) in [5.41, 5.74) is 0.364. The van der Waals surface area contributed by atoms with Gasteiger partial charge >= 0.3 is 6.36 Å². The van der Waals surface area contributed by atoms with E-state index in [-0.39, 0.29) is 16.6 Å². The molecule has 0 saturated carbocycles. The van der Waals surface area contributed by atoms with E-state index in [4.69, 9.17) is 16.3 Å². The minimum Gasteiger partial charge on any atom is -0.457 e. The summed E-state index contributed by atoms with van der Waals surface area (Å²) in [6.07, 6.45) is -4.74. The highest BCUT2D eigenvalue weighted by molar-refractivity contribution is 6.34. The number of carbonyl (C=O) groups excluding carboxylic acids is 1. The van der Waals surface area contributed by atoms with Crippen molar-refractivity contribution in [1.29, 1.82) is 0 Å². The van der Waals surface area contributed by atoms with Crippen molar-refractivity contribution in [3.63, 3.8) is 0 Å². The first-order chi connectivity index (χ1) is 10.2. The first kappa shape index (κ1) is 16.2. The zero-order chi connectivity index (χ0) is 16.3. The summed E-state index contributed by atoms with van der Waals surface area (Å²) in [5.74, 6) is 0.149. The van der Waals surface area contributed by atoms with Gasteiger partial charge < -0.3 is 9.47 Å². The van der Waals surface area contributed by atoms with E-state index in [1.807, 2.05) is 0 Å². The molecular weight excluding hydrogens is 321 g/mol. The van der Waals surface area contributed by atoms with Crippen molar-refractivity contribution in [2.24, 2.45) is 0 Å². The molecule has 0 aliphatic heterocycles. The Bertz CT molecular complexity index is 681. The molecule has 2 rings (SSSR count). The van der Waals surface area contributed by atoms with Crippen LogP contribution in [0.1, 0.15) is 17.3 Å². The van der Waals surface area contributed by atoms with E-state index in [0.29, 0.717) is 17.1 Å². The maximum absolute atomic E-state index is 12.0. The van der Waals surface area contributed by atoms with Gasteiger partial charge in [-0.25, -0.2) is 0 Å². The van der Waals surface area contributed by atoms with Crippen LogP contribution in [0.3, 0.4) is 0 Å². The summed E-state index contributed by atoms with van der Waals surface area (Å²) in [7, 11) is 0. The molecule has 0 aliphatic rings. The van der Waals surface area contributed by atoms with Gasteiger partial charge in [-0.1, -0.05) is 11.6 Å². The van der Waals surface area contributed by atoms with Crippen LogP contribution in [-0.4, -0.2) is 12.1 Å². The Morgan fingerprint density at radius 1 is 1.00 bits per heavy atom. The topological polar surface area (TPSA) is 35.5 Å². The summed E-state index contributed by atoms with van der Waals surface area (Å²) >= 11 is 5.94. The smallest absolute Gasteiger partial charge is 0.457 e. The van der Waals surface area contributed by atoms with Crippen molar-refractivity contribution in [2.45, 2.75) is 13.3 Å². The Morgan fingerprint density at radius 3 is 2.05 bits per heavy atom. The zero-order valence-corrected chi connectivity index (χ0v) is 12.0. The minimum atomic E-state index is -4.74. The van der Waals surface area contributed by atoms with Crippen LogP contribution in [0.4, 0.5) is 13.2 Å². The van der Waals surface area contributed by atoms with E-state index in [9.17, 15) is 18.0 Å². The van der Waals surface area contributed by atoms with Gasteiger partial charge in [0.15, 0.2) is 5.78 Å². The van der Waals surface area contributed by atoms with Gasteiger partial charge in [0.25, 0.3) is 0 Å². The normalized spacial score (nSPS) is 11.1. The van der Waals surface area contributed by atoms with Crippen molar-refractivity contribution in [3.05, 3.63) is 53.1 Å². The monoisotopic (exact) mass is 330 g/mol. The largest absolute Gasteiger partial charge is 0.573 e. The molecule has 0 spiro atoms. The Kier molecular flexibility index (Phi) is 4.61. The molecule has 0 radical (unpaired) electrons. The number of carbonyl (C=O) groups is 1. The van der Waals surface area contributed by atoms with E-state index < -0.39 is 6.36 Å². The standard InChI is InChI=1S/C15H10ClF3O3/c1-9(20)13-7-6-12(8-14(13)16)21-10-2-4-11(5-3-10)22-15(17,18)19/h2-8H,1H3. The van der Waals surface area contributed by atoms with E-state index >= 15 is 0 Å². The molecule has 116 valence electrons. The molecule has 0 amide bonds. The highest BCUT2D eigenvalue weighted by Crippen LogP contribution is 2.29. The first-order valence-electron chi connectivity index (χ1n) is 6.09. The van der Waals surface area contributed by atoms with Gasteiger partial charge in [-0.2, -0.15) is 0 Å². The molecule has 0 atom stereocenters. The number of alkyl halides is 3. The molecule has 0 heterocycles. The van der Waals surface area contributed by atoms with Crippen molar-refractivity contribution >= 4 is 17.4 Å². The van der Waals surface area contributed by atoms with Crippen LogP contribution >= 0.6 is 11.6 Å². The number of benzene rings is 2. The van der Waals surface area contributed by atoms with Crippen molar-refractivity contribution < 1.29 is 27.4 Å². The molecule has 0 aromatic heterocycles. The lowest BCUT2D eigenvalue weighted by molar-refractivity contribution is -0.274. The third-order valence-electron chi connectivity index (χ3n) is 2.61. The molecule has 7 heteroatoms. The average Bonchev–Trinajstić information content (AvgIpc) is 2.39. The number of ether oxygens (including phenoxy) is 2. The molecule has 0 N–H and O–H groups in total. The van der Waals surface area contributed by atoms with Gasteiger partial charge in [0.05, 0.1) is 5.02 Å². The van der Waals surface area contributed by atoms with Crippen LogP contribution in [0, 0.1) is 0 Å². The zero-order valence-electron chi connectivity index (χ0n) is 11.3. The Labute approximate surface area is 129 Å². The molecule has 22 heavy (non-hydrogen) atoms. The predicted octanol–water partition coefficient (Wildman–Crippen LogP) is 5.23. The number of rotatable bonds is 4. The Morgan fingerprint density at radius 2 is 1.55 bits per heavy atom. The third kappa shape index (κ3) is 4.39. The lowest BCUT2D eigenvalue weighted by atomic mass is 10.1. The second-order valence-electron chi connectivity index (χ2n) is 4.32. The van der Waals surface area contributed by atoms with Crippen molar-refractivity contribution in [2.75, 3.05) is 0 Å². The lowest BCUT2D eigenvalue weighted by Gasteiger charge is -2.10. The van der Waals surface area contributed by atoms with E-state index in [2.05, 4.69) is 4.74 Å². The van der Waals surface area contributed by atoms with Crippen LogP contribution in [-0.2, 0) is 0 Å². The van der Waals surface area contributed by atoms with Crippen molar-refractivity contribution in [1.82, 2.24) is 0 Å². The highest BCUT2D eigenvalue weighted by atomic mass is 35.5. The fourth-order valence-electron chi connectivity index (χ4n) is 1.69. The van der Waals surface area contributed by atoms with Crippen molar-refractivity contribution in [3.8, 4) is 17.2 Å². The number of Topliss-reactive ketones (excluding diaryl/α,β-unsaturated/α-hetero) is 1. The summed E-state index contributed by atoms with van der Waals surface area (Å²) in [6.45, 7) is 1.39. The number of halogens is 4. The summed E-state index contributed by atoms with van der Waals surface area (Å²) in [4.78, 5) is 11.3. The number of hydrogen-bond donors (Lipinski definition) is 0. The van der Waals surface area contributed by atoms with Crippen LogP contribution in [0.2, 0.25) is 5.02 Å². The third-order valence-corrected chi connectivity index (χ3v) is 2.93. The van der Waals surface area contributed by atoms with Crippen LogP contribution in [0.15, 0.2) is 42.5 Å². The first-order valence-corrected chi connectivity index (χ1v) is 6.46. The Hall–Kier alpha value is -2.21. The maximum Gasteiger partial charge on any atom is 0.573 e. The quantitative estimate of drug-likeness (QED) is 0.720. The predicted molar refractivity (Wildman–Crippen MR) is 74.7 cm³/mol. The molecule has 2 aromatic carbocycles. The number of hydrogen-bond acceptors (Lipinski definition) is 3. The molecule has 0 aliphatic carbocycles.